The molecule has 0 aliphatic carbocycles. The lowest BCUT2D eigenvalue weighted by atomic mass is 10.2. The van der Waals surface area contributed by atoms with Crippen molar-refractivity contribution in [2.75, 3.05) is 26.2 Å². The molecule has 4 rings (SSSR count). The van der Waals surface area contributed by atoms with Gasteiger partial charge < -0.3 is 4.57 Å². The van der Waals surface area contributed by atoms with Gasteiger partial charge in [0.2, 0.25) is 0 Å². The van der Waals surface area contributed by atoms with E-state index in [2.05, 4.69) is 9.55 Å². The summed E-state index contributed by atoms with van der Waals surface area (Å²) in [4.78, 5) is 4.41. The predicted octanol–water partition coefficient (Wildman–Crippen LogP) is 1.62. The zero-order chi connectivity index (χ0) is 15.2. The summed E-state index contributed by atoms with van der Waals surface area (Å²) in [5.74, 6) is 0. The fourth-order valence-corrected chi connectivity index (χ4v) is 5.24. The number of para-hydroxylation sites is 2. The molecule has 2 aliphatic heterocycles. The molecule has 2 saturated heterocycles. The van der Waals surface area contributed by atoms with E-state index in [1.807, 2.05) is 30.6 Å². The van der Waals surface area contributed by atoms with Crippen molar-refractivity contribution in [3.05, 3.63) is 30.6 Å². The summed E-state index contributed by atoms with van der Waals surface area (Å²) in [6, 6.07) is 8.16. The lowest BCUT2D eigenvalue weighted by molar-refractivity contribution is 0.389. The van der Waals surface area contributed by atoms with Crippen LogP contribution in [0.25, 0.3) is 11.0 Å². The molecule has 7 heteroatoms. The van der Waals surface area contributed by atoms with E-state index < -0.39 is 10.2 Å². The Morgan fingerprint density at radius 1 is 1.05 bits per heavy atom. The number of imidazole rings is 1. The normalized spacial score (nSPS) is 24.5. The second kappa shape index (κ2) is 5.33. The smallest absolute Gasteiger partial charge is 0.282 e. The number of aromatic nitrogens is 2. The van der Waals surface area contributed by atoms with E-state index in [1.54, 1.807) is 8.61 Å². The Kier molecular flexibility index (Phi) is 3.43. The zero-order valence-electron chi connectivity index (χ0n) is 12.4. The topological polar surface area (TPSA) is 58.4 Å². The first kappa shape index (κ1) is 14.2. The summed E-state index contributed by atoms with van der Waals surface area (Å²) < 4.78 is 30.7. The molecule has 0 amide bonds. The highest BCUT2D eigenvalue weighted by Crippen LogP contribution is 2.29. The lowest BCUT2D eigenvalue weighted by Crippen LogP contribution is -2.41. The van der Waals surface area contributed by atoms with E-state index in [4.69, 9.17) is 0 Å². The van der Waals surface area contributed by atoms with Crippen LogP contribution in [-0.2, 0) is 10.2 Å². The maximum atomic E-state index is 12.6. The fourth-order valence-electron chi connectivity index (χ4n) is 3.50. The highest BCUT2D eigenvalue weighted by Gasteiger charge is 2.37. The molecule has 2 fully saturated rings. The van der Waals surface area contributed by atoms with Crippen molar-refractivity contribution in [2.24, 2.45) is 0 Å². The van der Waals surface area contributed by atoms with Crippen LogP contribution in [0.1, 0.15) is 25.3 Å². The van der Waals surface area contributed by atoms with Gasteiger partial charge in [0.15, 0.2) is 0 Å². The molecule has 0 unspecified atom stereocenters. The molecule has 0 bridgehead atoms. The number of hydrogen-bond donors (Lipinski definition) is 0. The molecular weight excluding hydrogens is 300 g/mol. The largest absolute Gasteiger partial charge is 0.326 e. The van der Waals surface area contributed by atoms with Crippen LogP contribution in [0, 0.1) is 0 Å². The molecule has 2 aliphatic rings. The Hall–Kier alpha value is -1.44. The zero-order valence-corrected chi connectivity index (χ0v) is 13.2. The van der Waals surface area contributed by atoms with Crippen LogP contribution >= 0.6 is 0 Å². The molecular formula is C15H20N4O2S. The highest BCUT2D eigenvalue weighted by molar-refractivity contribution is 7.86. The second-order valence-electron chi connectivity index (χ2n) is 6.05. The summed E-state index contributed by atoms with van der Waals surface area (Å²) in [6.45, 7) is 2.46. The molecule has 1 aromatic heterocycles. The van der Waals surface area contributed by atoms with Crippen LogP contribution in [0.2, 0.25) is 0 Å². The SMILES string of the molecule is O=S(=O)(N1CCCC1)N1CC[C@@H](n2cnc3ccccc32)C1. The van der Waals surface area contributed by atoms with Crippen molar-refractivity contribution in [2.45, 2.75) is 25.3 Å². The first-order valence-electron chi connectivity index (χ1n) is 7.83. The van der Waals surface area contributed by atoms with Gasteiger partial charge in [0.05, 0.1) is 23.4 Å². The van der Waals surface area contributed by atoms with Crippen molar-refractivity contribution >= 4 is 21.2 Å². The number of benzene rings is 1. The molecule has 6 nitrogen and oxygen atoms in total. The van der Waals surface area contributed by atoms with Crippen molar-refractivity contribution in [1.82, 2.24) is 18.2 Å². The molecule has 0 N–H and O–H groups in total. The van der Waals surface area contributed by atoms with Gasteiger partial charge in [-0.15, -0.1) is 0 Å². The highest BCUT2D eigenvalue weighted by atomic mass is 32.2. The van der Waals surface area contributed by atoms with Crippen LogP contribution in [0.4, 0.5) is 0 Å². The van der Waals surface area contributed by atoms with Crippen molar-refractivity contribution in [1.29, 1.82) is 0 Å². The predicted molar refractivity (Wildman–Crippen MR) is 84.7 cm³/mol. The molecule has 0 radical (unpaired) electrons. The van der Waals surface area contributed by atoms with Gasteiger partial charge in [-0.3, -0.25) is 0 Å². The number of hydrogen-bond acceptors (Lipinski definition) is 3. The Morgan fingerprint density at radius 3 is 2.64 bits per heavy atom. The van der Waals surface area contributed by atoms with Crippen molar-refractivity contribution in [3.63, 3.8) is 0 Å². The minimum absolute atomic E-state index is 0.171. The Balaban J connectivity index is 1.57. The third-order valence-electron chi connectivity index (χ3n) is 4.72. The molecule has 22 heavy (non-hydrogen) atoms. The Bertz CT molecular complexity index is 780. The first-order chi connectivity index (χ1) is 10.7. The Labute approximate surface area is 130 Å². The molecule has 0 spiro atoms. The van der Waals surface area contributed by atoms with Crippen LogP contribution in [0.5, 0.6) is 0 Å². The van der Waals surface area contributed by atoms with Gasteiger partial charge in [-0.1, -0.05) is 12.1 Å². The minimum atomic E-state index is -3.28. The van der Waals surface area contributed by atoms with Crippen LogP contribution < -0.4 is 0 Å². The van der Waals surface area contributed by atoms with Crippen molar-refractivity contribution in [3.8, 4) is 0 Å². The standard InChI is InChI=1S/C15H20N4O2S/c20-22(21,17-8-3-4-9-17)18-10-7-13(11-18)19-12-16-14-5-1-2-6-15(14)19/h1-2,5-6,12-13H,3-4,7-11H2/t13-/m1/s1. The van der Waals surface area contributed by atoms with E-state index in [9.17, 15) is 8.42 Å². The van der Waals surface area contributed by atoms with E-state index in [-0.39, 0.29) is 6.04 Å². The maximum absolute atomic E-state index is 12.6. The maximum Gasteiger partial charge on any atom is 0.282 e. The van der Waals surface area contributed by atoms with Gasteiger partial charge in [-0.2, -0.15) is 17.0 Å². The van der Waals surface area contributed by atoms with Gasteiger partial charge in [0.1, 0.15) is 0 Å². The van der Waals surface area contributed by atoms with Crippen molar-refractivity contribution < 1.29 is 8.42 Å². The van der Waals surface area contributed by atoms with E-state index in [0.717, 1.165) is 30.3 Å². The summed E-state index contributed by atoms with van der Waals surface area (Å²) in [7, 11) is -3.28. The van der Waals surface area contributed by atoms with Crippen LogP contribution in [-0.4, -0.2) is 52.8 Å². The summed E-state index contributed by atoms with van der Waals surface area (Å²) in [5.41, 5.74) is 2.04. The molecule has 0 saturated carbocycles. The summed E-state index contributed by atoms with van der Waals surface area (Å²) in [6.07, 6.45) is 4.63. The molecule has 2 aromatic rings. The van der Waals surface area contributed by atoms with Gasteiger partial charge in [-0.25, -0.2) is 4.98 Å². The van der Waals surface area contributed by atoms with Gasteiger partial charge in [-0.05, 0) is 31.4 Å². The molecule has 118 valence electrons. The van der Waals surface area contributed by atoms with Gasteiger partial charge in [0.25, 0.3) is 10.2 Å². The average molecular weight is 320 g/mol. The van der Waals surface area contributed by atoms with E-state index in [1.165, 1.54) is 0 Å². The van der Waals surface area contributed by atoms with Gasteiger partial charge >= 0.3 is 0 Å². The number of fused-ring (bicyclic) bond motifs is 1. The Morgan fingerprint density at radius 2 is 1.82 bits per heavy atom. The molecule has 1 aromatic carbocycles. The lowest BCUT2D eigenvalue weighted by Gasteiger charge is -2.23. The fraction of sp³-hybridized carbons (Fsp3) is 0.533. The third kappa shape index (κ3) is 2.24. The van der Waals surface area contributed by atoms with E-state index in [0.29, 0.717) is 26.2 Å². The monoisotopic (exact) mass is 320 g/mol. The minimum Gasteiger partial charge on any atom is -0.326 e. The number of rotatable bonds is 3. The van der Waals surface area contributed by atoms with Crippen LogP contribution in [0.15, 0.2) is 30.6 Å². The van der Waals surface area contributed by atoms with E-state index >= 15 is 0 Å². The first-order valence-corrected chi connectivity index (χ1v) is 9.23. The van der Waals surface area contributed by atoms with Gasteiger partial charge in [0, 0.05) is 26.2 Å². The average Bonchev–Trinajstić information content (AvgIpc) is 3.26. The summed E-state index contributed by atoms with van der Waals surface area (Å²) in [5, 5.41) is 0. The number of nitrogens with zero attached hydrogens (tertiary/aromatic N) is 4. The molecule has 1 atom stereocenters. The second-order valence-corrected chi connectivity index (χ2v) is 7.98. The summed E-state index contributed by atoms with van der Waals surface area (Å²) >= 11 is 0. The molecule has 3 heterocycles. The third-order valence-corrected chi connectivity index (χ3v) is 6.72. The quantitative estimate of drug-likeness (QED) is 0.863. The van der Waals surface area contributed by atoms with Crippen LogP contribution in [0.3, 0.4) is 0 Å².